The van der Waals surface area contributed by atoms with E-state index in [2.05, 4.69) is 0 Å². The van der Waals surface area contributed by atoms with E-state index in [1.54, 1.807) is 24.3 Å². The maximum atomic E-state index is 11.3. The second-order valence-corrected chi connectivity index (χ2v) is 6.65. The van der Waals surface area contributed by atoms with Crippen molar-refractivity contribution in [2.24, 2.45) is 5.92 Å². The number of hydrogen-bond acceptors (Lipinski definition) is 1. The minimum atomic E-state index is -0.949. The van der Waals surface area contributed by atoms with Crippen LogP contribution in [0.3, 0.4) is 0 Å². The summed E-state index contributed by atoms with van der Waals surface area (Å²) in [4.78, 5) is 11.3. The quantitative estimate of drug-likeness (QED) is 0.737. The summed E-state index contributed by atoms with van der Waals surface area (Å²) in [6.45, 7) is 3.80. The largest absolute Gasteiger partial charge is 0.481 e. The summed E-state index contributed by atoms with van der Waals surface area (Å²) in [5, 5.41) is 9.99. The summed E-state index contributed by atoms with van der Waals surface area (Å²) in [6, 6.07) is 5.03. The maximum absolute atomic E-state index is 11.3. The Labute approximate surface area is 138 Å². The van der Waals surface area contributed by atoms with Gasteiger partial charge in [0.2, 0.25) is 0 Å². The van der Waals surface area contributed by atoms with Gasteiger partial charge in [0.1, 0.15) is 4.49 Å². The Bertz CT molecular complexity index is 536. The molecule has 0 saturated heterocycles. The highest BCUT2D eigenvalue weighted by atomic mass is 35.5. The van der Waals surface area contributed by atoms with Gasteiger partial charge in [-0.3, -0.25) is 4.79 Å². The second-order valence-electron chi connectivity index (χ2n) is 4.83. The molecule has 0 spiro atoms. The molecule has 6 heteroatoms. The fraction of sp³-hybridized carbons (Fsp3) is 0.357. The third-order valence-electron chi connectivity index (χ3n) is 3.30. The van der Waals surface area contributed by atoms with E-state index in [0.717, 1.165) is 0 Å². The molecule has 20 heavy (non-hydrogen) atoms. The molecule has 110 valence electrons. The molecule has 1 atom stereocenters. The Morgan fingerprint density at radius 3 is 2.30 bits per heavy atom. The van der Waals surface area contributed by atoms with Gasteiger partial charge >= 0.3 is 5.97 Å². The Balaban J connectivity index is 3.52. The van der Waals surface area contributed by atoms with Crippen LogP contribution in [-0.4, -0.2) is 11.1 Å². The molecule has 0 bridgehead atoms. The van der Waals surface area contributed by atoms with Crippen LogP contribution in [0, 0.1) is 5.92 Å². The molecule has 1 aromatic rings. The molecule has 1 unspecified atom stereocenters. The van der Waals surface area contributed by atoms with Crippen molar-refractivity contribution in [2.45, 2.75) is 25.7 Å². The van der Waals surface area contributed by atoms with Crippen molar-refractivity contribution in [2.75, 3.05) is 0 Å². The van der Waals surface area contributed by atoms with Crippen LogP contribution >= 0.6 is 46.4 Å². The molecule has 0 radical (unpaired) electrons. The first-order chi connectivity index (χ1) is 9.19. The molecule has 1 rings (SSSR count). The number of halogens is 4. The lowest BCUT2D eigenvalue weighted by Crippen LogP contribution is -2.33. The molecule has 0 fully saturated rings. The van der Waals surface area contributed by atoms with Crippen molar-refractivity contribution in [1.29, 1.82) is 0 Å². The zero-order valence-electron chi connectivity index (χ0n) is 11.0. The molecule has 2 nitrogen and oxygen atoms in total. The number of carbonyl (C=O) groups is 1. The lowest BCUT2D eigenvalue weighted by Gasteiger charge is -2.34. The van der Waals surface area contributed by atoms with E-state index < -0.39 is 11.4 Å². The number of aliphatic carboxylic acids is 1. The third-order valence-corrected chi connectivity index (χ3v) is 4.25. The molecule has 0 aliphatic carbocycles. The van der Waals surface area contributed by atoms with Gasteiger partial charge in [-0.15, -0.1) is 0 Å². The van der Waals surface area contributed by atoms with Crippen LogP contribution in [0.5, 0.6) is 0 Å². The molecule has 0 aliphatic heterocycles. The van der Waals surface area contributed by atoms with Gasteiger partial charge in [-0.2, -0.15) is 0 Å². The normalized spacial score (nSPS) is 13.9. The molecule has 0 saturated carbocycles. The maximum Gasteiger partial charge on any atom is 0.304 e. The van der Waals surface area contributed by atoms with E-state index >= 15 is 0 Å². The SMILES string of the molecule is CC(C)C(C=C(Cl)Cl)(CC(=O)O)c1ccc(Cl)c(Cl)c1. The number of carboxylic acids is 1. The highest BCUT2D eigenvalue weighted by molar-refractivity contribution is 6.56. The first-order valence-corrected chi connectivity index (χ1v) is 7.41. The average Bonchev–Trinajstić information content (AvgIpc) is 2.30. The van der Waals surface area contributed by atoms with Crippen LogP contribution in [0.15, 0.2) is 28.8 Å². The number of hydrogen-bond donors (Lipinski definition) is 1. The van der Waals surface area contributed by atoms with Gasteiger partial charge in [0.15, 0.2) is 0 Å². The number of rotatable bonds is 5. The van der Waals surface area contributed by atoms with Gasteiger partial charge in [0, 0.05) is 5.41 Å². The summed E-state index contributed by atoms with van der Waals surface area (Å²) in [5.74, 6) is -1.00. The highest BCUT2D eigenvalue weighted by Crippen LogP contribution is 2.41. The Kier molecular flexibility index (Phi) is 6.21. The Morgan fingerprint density at radius 2 is 1.90 bits per heavy atom. The smallest absolute Gasteiger partial charge is 0.304 e. The molecular weight excluding hydrogens is 342 g/mol. The van der Waals surface area contributed by atoms with E-state index in [1.165, 1.54) is 0 Å². The van der Waals surface area contributed by atoms with Crippen molar-refractivity contribution >= 4 is 52.4 Å². The molecule has 1 N–H and O–H groups in total. The van der Waals surface area contributed by atoms with E-state index in [4.69, 9.17) is 46.4 Å². The topological polar surface area (TPSA) is 37.3 Å². The van der Waals surface area contributed by atoms with Gasteiger partial charge in [0.25, 0.3) is 0 Å². The van der Waals surface area contributed by atoms with E-state index in [1.807, 2.05) is 13.8 Å². The summed E-state index contributed by atoms with van der Waals surface area (Å²) >= 11 is 23.5. The average molecular weight is 356 g/mol. The van der Waals surface area contributed by atoms with Crippen LogP contribution < -0.4 is 0 Å². The zero-order valence-corrected chi connectivity index (χ0v) is 14.0. The fourth-order valence-electron chi connectivity index (χ4n) is 2.17. The van der Waals surface area contributed by atoms with Crippen molar-refractivity contribution in [3.63, 3.8) is 0 Å². The molecule has 0 aliphatic rings. The summed E-state index contributed by atoms with van der Waals surface area (Å²) < 4.78 is 0.0195. The van der Waals surface area contributed by atoms with Crippen molar-refractivity contribution in [3.8, 4) is 0 Å². The lowest BCUT2D eigenvalue weighted by atomic mass is 9.69. The number of benzene rings is 1. The lowest BCUT2D eigenvalue weighted by molar-refractivity contribution is -0.138. The van der Waals surface area contributed by atoms with Crippen molar-refractivity contribution in [3.05, 3.63) is 44.4 Å². The standard InChI is InChI=1S/C14H14Cl4O2/c1-8(2)14(6-12(17)18,7-13(19)20)9-3-4-10(15)11(16)5-9/h3-6,8H,7H2,1-2H3,(H,19,20). The van der Waals surface area contributed by atoms with Crippen LogP contribution in [0.4, 0.5) is 0 Å². The van der Waals surface area contributed by atoms with E-state index in [9.17, 15) is 9.90 Å². The van der Waals surface area contributed by atoms with E-state index in [0.29, 0.717) is 15.6 Å². The van der Waals surface area contributed by atoms with Gasteiger partial charge in [-0.1, -0.05) is 66.3 Å². The molecule has 0 aromatic heterocycles. The zero-order chi connectivity index (χ0) is 15.5. The molecular formula is C14H14Cl4O2. The summed E-state index contributed by atoms with van der Waals surface area (Å²) in [5.41, 5.74) is -0.137. The van der Waals surface area contributed by atoms with Crippen LogP contribution in [0.25, 0.3) is 0 Å². The van der Waals surface area contributed by atoms with Gasteiger partial charge in [-0.05, 0) is 29.7 Å². The third kappa shape index (κ3) is 4.05. The van der Waals surface area contributed by atoms with Crippen molar-refractivity contribution < 1.29 is 9.90 Å². The minimum absolute atomic E-state index is 0.0195. The minimum Gasteiger partial charge on any atom is -0.481 e. The predicted molar refractivity (Wildman–Crippen MR) is 85.0 cm³/mol. The summed E-state index contributed by atoms with van der Waals surface area (Å²) in [6.07, 6.45) is 1.40. The van der Waals surface area contributed by atoms with Crippen LogP contribution in [-0.2, 0) is 10.2 Å². The molecule has 0 heterocycles. The number of carboxylic acid groups (broad SMARTS) is 1. The summed E-state index contributed by atoms with van der Waals surface area (Å²) in [7, 11) is 0. The van der Waals surface area contributed by atoms with Gasteiger partial charge in [-0.25, -0.2) is 0 Å². The Morgan fingerprint density at radius 1 is 1.30 bits per heavy atom. The molecule has 1 aromatic carbocycles. The first kappa shape index (κ1) is 17.6. The number of allylic oxidation sites excluding steroid dienone is 1. The fourth-order valence-corrected chi connectivity index (χ4v) is 2.86. The Hall–Kier alpha value is -0.410. The predicted octanol–water partition coefficient (Wildman–Crippen LogP) is 5.68. The van der Waals surface area contributed by atoms with E-state index in [-0.39, 0.29) is 16.8 Å². The van der Waals surface area contributed by atoms with Crippen LogP contribution in [0.2, 0.25) is 10.0 Å². The van der Waals surface area contributed by atoms with Gasteiger partial charge < -0.3 is 5.11 Å². The van der Waals surface area contributed by atoms with Crippen molar-refractivity contribution in [1.82, 2.24) is 0 Å². The van der Waals surface area contributed by atoms with Gasteiger partial charge in [0.05, 0.1) is 16.5 Å². The first-order valence-electron chi connectivity index (χ1n) is 5.90. The second kappa shape index (κ2) is 7.04. The molecule has 0 amide bonds. The van der Waals surface area contributed by atoms with Crippen LogP contribution in [0.1, 0.15) is 25.8 Å². The monoisotopic (exact) mass is 354 g/mol. The highest BCUT2D eigenvalue weighted by Gasteiger charge is 2.37.